The zero-order chi connectivity index (χ0) is 9.94. The Morgan fingerprint density at radius 2 is 2.31 bits per heavy atom. The molecule has 0 saturated heterocycles. The van der Waals surface area contributed by atoms with Crippen LogP contribution in [0.4, 0.5) is 0 Å². The van der Waals surface area contributed by atoms with Gasteiger partial charge in [-0.3, -0.25) is 11.3 Å². The first-order chi connectivity index (χ1) is 6.35. The third-order valence-electron chi connectivity index (χ3n) is 1.92. The van der Waals surface area contributed by atoms with Crippen LogP contribution in [0.5, 0.6) is 0 Å². The van der Waals surface area contributed by atoms with Crippen LogP contribution in [0.2, 0.25) is 0 Å². The minimum absolute atomic E-state index is 0.330. The molecule has 0 aromatic rings. The Balaban J connectivity index is 3.32. The molecule has 76 valence electrons. The Kier molecular flexibility index (Phi) is 9.12. The molecule has 1 unspecified atom stereocenters. The summed E-state index contributed by atoms with van der Waals surface area (Å²) in [6.07, 6.45) is 8.95. The number of hydrogen-bond donors (Lipinski definition) is 2. The Labute approximate surface area is 81.0 Å². The summed E-state index contributed by atoms with van der Waals surface area (Å²) in [5.74, 6) is 7.98. The van der Waals surface area contributed by atoms with Gasteiger partial charge in [0.05, 0.1) is 0 Å². The van der Waals surface area contributed by atoms with Crippen molar-refractivity contribution in [2.45, 2.75) is 38.6 Å². The van der Waals surface area contributed by atoms with E-state index in [2.05, 4.69) is 11.3 Å². The second-order valence-corrected chi connectivity index (χ2v) is 2.95. The highest BCUT2D eigenvalue weighted by atomic mass is 16.5. The lowest BCUT2D eigenvalue weighted by Crippen LogP contribution is -2.35. The van der Waals surface area contributed by atoms with Crippen molar-refractivity contribution in [3.63, 3.8) is 0 Å². The third kappa shape index (κ3) is 7.79. The summed E-state index contributed by atoms with van der Waals surface area (Å²) in [6, 6.07) is 0.330. The summed E-state index contributed by atoms with van der Waals surface area (Å²) in [6.45, 7) is 3.59. The molecular formula is C10H20N2O. The molecule has 0 aliphatic heterocycles. The molecule has 3 N–H and O–H groups in total. The van der Waals surface area contributed by atoms with Gasteiger partial charge in [-0.2, -0.15) is 0 Å². The molecule has 0 saturated carbocycles. The van der Waals surface area contributed by atoms with Gasteiger partial charge in [-0.15, -0.1) is 12.3 Å². The normalized spacial score (nSPS) is 12.4. The van der Waals surface area contributed by atoms with E-state index < -0.39 is 0 Å². The SMILES string of the molecule is C#CCCC(CCCOCC)NN. The molecular weight excluding hydrogens is 164 g/mol. The van der Waals surface area contributed by atoms with Crippen LogP contribution in [0.25, 0.3) is 0 Å². The Bertz CT molecular complexity index is 142. The molecule has 0 heterocycles. The topological polar surface area (TPSA) is 47.3 Å². The van der Waals surface area contributed by atoms with E-state index in [4.69, 9.17) is 17.0 Å². The number of hydrazine groups is 1. The third-order valence-corrected chi connectivity index (χ3v) is 1.92. The van der Waals surface area contributed by atoms with Crippen LogP contribution in [-0.4, -0.2) is 19.3 Å². The van der Waals surface area contributed by atoms with Crippen molar-refractivity contribution in [1.82, 2.24) is 5.43 Å². The lowest BCUT2D eigenvalue weighted by molar-refractivity contribution is 0.140. The van der Waals surface area contributed by atoms with Crippen LogP contribution in [-0.2, 0) is 4.74 Å². The van der Waals surface area contributed by atoms with Crippen LogP contribution in [0.1, 0.15) is 32.6 Å². The number of ether oxygens (including phenoxy) is 1. The van der Waals surface area contributed by atoms with Gasteiger partial charge in [-0.05, 0) is 26.2 Å². The minimum atomic E-state index is 0.330. The molecule has 0 rings (SSSR count). The van der Waals surface area contributed by atoms with Gasteiger partial charge in [0.25, 0.3) is 0 Å². The fraction of sp³-hybridized carbons (Fsp3) is 0.800. The van der Waals surface area contributed by atoms with E-state index in [-0.39, 0.29) is 0 Å². The molecule has 3 heteroatoms. The molecule has 0 aromatic heterocycles. The number of terminal acetylenes is 1. The second kappa shape index (κ2) is 9.53. The van der Waals surface area contributed by atoms with Crippen molar-refractivity contribution in [3.05, 3.63) is 0 Å². The summed E-state index contributed by atoms with van der Waals surface area (Å²) in [7, 11) is 0. The maximum Gasteiger partial charge on any atom is 0.0466 e. The van der Waals surface area contributed by atoms with Crippen molar-refractivity contribution in [2.24, 2.45) is 5.84 Å². The van der Waals surface area contributed by atoms with Gasteiger partial charge >= 0.3 is 0 Å². The Hall–Kier alpha value is -0.560. The van der Waals surface area contributed by atoms with Crippen molar-refractivity contribution >= 4 is 0 Å². The van der Waals surface area contributed by atoms with E-state index in [1.807, 2.05) is 6.92 Å². The highest BCUT2D eigenvalue weighted by molar-refractivity contribution is 4.85. The average Bonchev–Trinajstić information content (AvgIpc) is 2.17. The summed E-state index contributed by atoms with van der Waals surface area (Å²) in [5.41, 5.74) is 2.76. The average molecular weight is 184 g/mol. The van der Waals surface area contributed by atoms with Crippen LogP contribution >= 0.6 is 0 Å². The molecule has 1 atom stereocenters. The lowest BCUT2D eigenvalue weighted by Gasteiger charge is -2.13. The van der Waals surface area contributed by atoms with E-state index in [0.29, 0.717) is 6.04 Å². The summed E-state index contributed by atoms with van der Waals surface area (Å²) >= 11 is 0. The molecule has 0 radical (unpaired) electrons. The molecule has 0 aliphatic rings. The summed E-state index contributed by atoms with van der Waals surface area (Å²) in [4.78, 5) is 0. The standard InChI is InChI=1S/C10H20N2O/c1-3-5-7-10(12-11)8-6-9-13-4-2/h1,10,12H,4-9,11H2,2H3. The Morgan fingerprint density at radius 3 is 2.85 bits per heavy atom. The van der Waals surface area contributed by atoms with Gasteiger partial charge in [0.15, 0.2) is 0 Å². The molecule has 13 heavy (non-hydrogen) atoms. The van der Waals surface area contributed by atoms with E-state index in [9.17, 15) is 0 Å². The van der Waals surface area contributed by atoms with Crippen LogP contribution in [0.15, 0.2) is 0 Å². The molecule has 0 aliphatic carbocycles. The second-order valence-electron chi connectivity index (χ2n) is 2.95. The monoisotopic (exact) mass is 184 g/mol. The van der Waals surface area contributed by atoms with Gasteiger partial charge in [0.1, 0.15) is 0 Å². The summed E-state index contributed by atoms with van der Waals surface area (Å²) < 4.78 is 5.22. The Morgan fingerprint density at radius 1 is 1.54 bits per heavy atom. The largest absolute Gasteiger partial charge is 0.382 e. The van der Waals surface area contributed by atoms with Gasteiger partial charge in [-0.1, -0.05) is 0 Å². The predicted molar refractivity (Wildman–Crippen MR) is 54.9 cm³/mol. The van der Waals surface area contributed by atoms with Crippen molar-refractivity contribution < 1.29 is 4.74 Å². The van der Waals surface area contributed by atoms with Crippen molar-refractivity contribution in [1.29, 1.82) is 0 Å². The maximum absolute atomic E-state index is 5.37. The van der Waals surface area contributed by atoms with Crippen LogP contribution in [0, 0.1) is 12.3 Å². The fourth-order valence-electron chi connectivity index (χ4n) is 1.14. The zero-order valence-corrected chi connectivity index (χ0v) is 8.38. The molecule has 0 fully saturated rings. The van der Waals surface area contributed by atoms with Crippen molar-refractivity contribution in [3.8, 4) is 12.3 Å². The first-order valence-corrected chi connectivity index (χ1v) is 4.82. The van der Waals surface area contributed by atoms with Gasteiger partial charge < -0.3 is 4.74 Å². The highest BCUT2D eigenvalue weighted by Gasteiger charge is 2.04. The number of rotatable bonds is 8. The first-order valence-electron chi connectivity index (χ1n) is 4.82. The lowest BCUT2D eigenvalue weighted by atomic mass is 10.1. The smallest absolute Gasteiger partial charge is 0.0466 e. The van der Waals surface area contributed by atoms with E-state index in [0.717, 1.165) is 38.9 Å². The van der Waals surface area contributed by atoms with Gasteiger partial charge in [-0.25, -0.2) is 0 Å². The number of hydrogen-bond acceptors (Lipinski definition) is 3. The van der Waals surface area contributed by atoms with Crippen LogP contribution in [0.3, 0.4) is 0 Å². The van der Waals surface area contributed by atoms with E-state index in [1.165, 1.54) is 0 Å². The molecule has 0 aromatic carbocycles. The predicted octanol–water partition coefficient (Wildman–Crippen LogP) is 1.05. The molecule has 0 amide bonds. The van der Waals surface area contributed by atoms with Crippen LogP contribution < -0.4 is 11.3 Å². The number of nitrogens with two attached hydrogens (primary N) is 1. The van der Waals surface area contributed by atoms with Gasteiger partial charge in [0, 0.05) is 25.7 Å². The molecule has 0 bridgehead atoms. The molecule has 3 nitrogen and oxygen atoms in total. The maximum atomic E-state index is 5.37. The fourth-order valence-corrected chi connectivity index (χ4v) is 1.14. The quantitative estimate of drug-likeness (QED) is 0.256. The molecule has 0 spiro atoms. The zero-order valence-electron chi connectivity index (χ0n) is 8.38. The summed E-state index contributed by atoms with van der Waals surface area (Å²) in [5, 5.41) is 0. The first kappa shape index (κ1) is 12.4. The van der Waals surface area contributed by atoms with E-state index in [1.54, 1.807) is 0 Å². The van der Waals surface area contributed by atoms with Crippen molar-refractivity contribution in [2.75, 3.05) is 13.2 Å². The highest BCUT2D eigenvalue weighted by Crippen LogP contribution is 2.03. The van der Waals surface area contributed by atoms with E-state index >= 15 is 0 Å². The minimum Gasteiger partial charge on any atom is -0.382 e. The van der Waals surface area contributed by atoms with Gasteiger partial charge in [0.2, 0.25) is 0 Å². The number of nitrogens with one attached hydrogen (secondary N) is 1.